The van der Waals surface area contributed by atoms with E-state index < -0.39 is 11.6 Å². The molecule has 4 heterocycles. The van der Waals surface area contributed by atoms with Gasteiger partial charge in [-0.1, -0.05) is 42.1 Å². The Bertz CT molecular complexity index is 1600. The minimum Gasteiger partial charge on any atom is -0.478 e. The Labute approximate surface area is 211 Å². The molecule has 2 N–H and O–H groups in total. The molecule has 0 spiro atoms. The van der Waals surface area contributed by atoms with Crippen molar-refractivity contribution in [2.45, 2.75) is 36.0 Å². The fourth-order valence-corrected chi connectivity index (χ4v) is 7.24. The van der Waals surface area contributed by atoms with Crippen molar-refractivity contribution in [2.75, 3.05) is 23.3 Å². The van der Waals surface area contributed by atoms with Crippen LogP contribution in [0.4, 0.5) is 11.4 Å². The summed E-state index contributed by atoms with van der Waals surface area (Å²) >= 11 is 1.56. The maximum Gasteiger partial charge on any atom is 0.343 e. The van der Waals surface area contributed by atoms with Gasteiger partial charge in [0.15, 0.2) is 0 Å². The van der Waals surface area contributed by atoms with Crippen molar-refractivity contribution in [1.29, 1.82) is 0 Å². The van der Waals surface area contributed by atoms with Crippen molar-refractivity contribution in [3.63, 3.8) is 0 Å². The average Bonchev–Trinajstić information content (AvgIpc) is 3.32. The van der Waals surface area contributed by atoms with Crippen LogP contribution < -0.4 is 15.8 Å². The second kappa shape index (κ2) is 8.17. The first-order valence-corrected chi connectivity index (χ1v) is 13.2. The van der Waals surface area contributed by atoms with Gasteiger partial charge < -0.3 is 19.7 Å². The van der Waals surface area contributed by atoms with Crippen molar-refractivity contribution < 1.29 is 14.3 Å². The lowest BCUT2D eigenvalue weighted by atomic mass is 9.86. The van der Waals surface area contributed by atoms with Gasteiger partial charge in [0.2, 0.25) is 0 Å². The van der Waals surface area contributed by atoms with Crippen molar-refractivity contribution in [3.8, 4) is 11.1 Å². The van der Waals surface area contributed by atoms with Crippen LogP contribution in [0, 0.1) is 0 Å². The van der Waals surface area contributed by atoms with Crippen LogP contribution in [-0.4, -0.2) is 24.2 Å². The van der Waals surface area contributed by atoms with Crippen molar-refractivity contribution in [3.05, 3.63) is 87.3 Å². The number of nitrogens with zero attached hydrogens (tertiary/aromatic N) is 1. The van der Waals surface area contributed by atoms with Crippen molar-refractivity contribution in [1.82, 2.24) is 0 Å². The molecule has 1 aromatic heterocycles. The number of carboxylic acids is 1. The zero-order valence-corrected chi connectivity index (χ0v) is 20.4. The van der Waals surface area contributed by atoms with Gasteiger partial charge in [0, 0.05) is 45.9 Å². The number of para-hydroxylation sites is 1. The predicted molar refractivity (Wildman–Crippen MR) is 142 cm³/mol. The number of fused-ring (bicyclic) bond motifs is 3. The molecule has 7 rings (SSSR count). The maximum absolute atomic E-state index is 13.8. The third-order valence-electron chi connectivity index (χ3n) is 7.53. The van der Waals surface area contributed by atoms with Crippen LogP contribution in [0.25, 0.3) is 22.1 Å². The molecule has 6 nitrogen and oxygen atoms in total. The van der Waals surface area contributed by atoms with Crippen LogP contribution >= 0.6 is 11.8 Å². The van der Waals surface area contributed by atoms with E-state index in [1.165, 1.54) is 11.3 Å². The summed E-state index contributed by atoms with van der Waals surface area (Å²) in [5.41, 5.74) is 6.56. The van der Waals surface area contributed by atoms with E-state index in [-0.39, 0.29) is 10.9 Å². The molecular weight excluding hydrogens is 472 g/mol. The number of rotatable bonds is 3. The molecule has 4 aromatic rings. The Kier molecular flexibility index (Phi) is 4.89. The van der Waals surface area contributed by atoms with Gasteiger partial charge in [-0.2, -0.15) is 0 Å². The number of hydrogen-bond acceptors (Lipinski definition) is 6. The van der Waals surface area contributed by atoms with Crippen molar-refractivity contribution >= 4 is 40.1 Å². The smallest absolute Gasteiger partial charge is 0.343 e. The maximum atomic E-state index is 13.8. The number of carboxylic acid groups (broad SMARTS) is 1. The summed E-state index contributed by atoms with van der Waals surface area (Å²) in [7, 11) is 0. The lowest BCUT2D eigenvalue weighted by molar-refractivity contribution is 0.0697. The van der Waals surface area contributed by atoms with E-state index in [0.717, 1.165) is 60.3 Å². The minimum atomic E-state index is -1.02. The second-order valence-electron chi connectivity index (χ2n) is 9.60. The van der Waals surface area contributed by atoms with Crippen LogP contribution in [0.5, 0.6) is 0 Å². The molecule has 0 aliphatic carbocycles. The number of aryl methyl sites for hydroxylation is 2. The summed E-state index contributed by atoms with van der Waals surface area (Å²) in [4.78, 5) is 29.6. The highest BCUT2D eigenvalue weighted by atomic mass is 32.2. The van der Waals surface area contributed by atoms with Crippen LogP contribution in [0.15, 0.2) is 68.7 Å². The Hall–Kier alpha value is -3.71. The average molecular weight is 497 g/mol. The fourth-order valence-electron chi connectivity index (χ4n) is 6.06. The molecular formula is C29H24N2O4S. The molecule has 3 aliphatic rings. The normalized spacial score (nSPS) is 18.0. The molecule has 3 aliphatic heterocycles. The largest absolute Gasteiger partial charge is 0.478 e. The molecule has 3 aromatic carbocycles. The van der Waals surface area contributed by atoms with Crippen LogP contribution in [0.3, 0.4) is 0 Å². The summed E-state index contributed by atoms with van der Waals surface area (Å²) in [5.74, 6) is -1.02. The van der Waals surface area contributed by atoms with Gasteiger partial charge >= 0.3 is 11.6 Å². The number of anilines is 2. The monoisotopic (exact) mass is 496 g/mol. The first-order valence-electron chi connectivity index (χ1n) is 12.4. The third kappa shape index (κ3) is 3.19. The lowest BCUT2D eigenvalue weighted by Crippen LogP contribution is -2.34. The molecule has 7 heteroatoms. The Morgan fingerprint density at radius 1 is 1.06 bits per heavy atom. The van der Waals surface area contributed by atoms with E-state index in [9.17, 15) is 14.7 Å². The summed E-state index contributed by atoms with van der Waals surface area (Å²) in [6.07, 6.45) is 3.90. The topological polar surface area (TPSA) is 82.8 Å². The van der Waals surface area contributed by atoms with Gasteiger partial charge in [0.05, 0.1) is 11.1 Å². The number of aromatic carboxylic acids is 1. The highest BCUT2D eigenvalue weighted by Gasteiger charge is 2.34. The minimum absolute atomic E-state index is 0.180. The number of benzene rings is 3. The fraction of sp³-hybridized carbons (Fsp3) is 0.241. The Morgan fingerprint density at radius 3 is 2.67 bits per heavy atom. The number of nitrogens with one attached hydrogen (secondary N) is 1. The van der Waals surface area contributed by atoms with E-state index in [1.807, 2.05) is 36.4 Å². The molecule has 0 amide bonds. The molecule has 0 saturated heterocycles. The van der Waals surface area contributed by atoms with Gasteiger partial charge in [-0.15, -0.1) is 0 Å². The highest BCUT2D eigenvalue weighted by Crippen LogP contribution is 2.50. The van der Waals surface area contributed by atoms with E-state index in [1.54, 1.807) is 23.9 Å². The van der Waals surface area contributed by atoms with Crippen LogP contribution in [0.1, 0.15) is 45.3 Å². The summed E-state index contributed by atoms with van der Waals surface area (Å²) < 4.78 is 6.15. The Morgan fingerprint density at radius 2 is 1.83 bits per heavy atom. The van der Waals surface area contributed by atoms with E-state index in [4.69, 9.17) is 4.42 Å². The molecule has 0 radical (unpaired) electrons. The first-order chi connectivity index (χ1) is 17.6. The van der Waals surface area contributed by atoms with Crippen LogP contribution in [-0.2, 0) is 12.8 Å². The third-order valence-corrected chi connectivity index (χ3v) is 8.73. The van der Waals surface area contributed by atoms with Gasteiger partial charge in [-0.25, -0.2) is 9.59 Å². The first kappa shape index (κ1) is 21.6. The molecule has 1 unspecified atom stereocenters. The zero-order valence-electron chi connectivity index (χ0n) is 19.5. The van der Waals surface area contributed by atoms with E-state index in [2.05, 4.69) is 16.3 Å². The number of thioether (sulfide) groups is 1. The number of hydrogen-bond donors (Lipinski definition) is 2. The summed E-state index contributed by atoms with van der Waals surface area (Å²) in [6.45, 7) is 2.03. The van der Waals surface area contributed by atoms with Gasteiger partial charge in [-0.3, -0.25) is 0 Å². The Balaban J connectivity index is 1.57. The molecule has 0 saturated carbocycles. The highest BCUT2D eigenvalue weighted by molar-refractivity contribution is 8.00. The van der Waals surface area contributed by atoms with Gasteiger partial charge in [0.25, 0.3) is 0 Å². The molecule has 0 bridgehead atoms. The summed E-state index contributed by atoms with van der Waals surface area (Å²) in [5, 5.41) is 14.0. The predicted octanol–water partition coefficient (Wildman–Crippen LogP) is 6.07. The van der Waals surface area contributed by atoms with Gasteiger partial charge in [-0.05, 0) is 61.1 Å². The molecule has 0 fully saturated rings. The lowest BCUT2D eigenvalue weighted by Gasteiger charge is -2.37. The number of carbonyl (C=O) groups is 1. The second-order valence-corrected chi connectivity index (χ2v) is 10.7. The molecule has 1 atom stereocenters. The summed E-state index contributed by atoms with van der Waals surface area (Å²) in [6, 6.07) is 17.1. The quantitative estimate of drug-likeness (QED) is 0.333. The standard InChI is InChI=1S/C29H24N2O4S/c32-28(33)18-9-2-1-8-17(18)23-20-15-16-7-5-13-31-14-6-10-19(25(16)31)26(20)35-29(34)24(23)27-30-21-11-3-4-12-22(21)36-27/h1-4,8-9,11-12,15,27,30H,5-7,10,13-14H2,(H,32,33). The van der Waals surface area contributed by atoms with E-state index >= 15 is 0 Å². The SMILES string of the molecule is O=C(O)c1ccccc1-c1c(C2Nc3ccccc3S2)c(=O)oc2c3c4c(cc12)CCCN4CCC3. The zero-order chi connectivity index (χ0) is 24.4. The molecule has 36 heavy (non-hydrogen) atoms. The van der Waals surface area contributed by atoms with Gasteiger partial charge in [0.1, 0.15) is 11.0 Å². The molecule has 180 valence electrons. The van der Waals surface area contributed by atoms with Crippen molar-refractivity contribution in [2.24, 2.45) is 0 Å². The van der Waals surface area contributed by atoms with E-state index in [0.29, 0.717) is 22.3 Å². The van der Waals surface area contributed by atoms with Crippen LogP contribution in [0.2, 0.25) is 0 Å².